The van der Waals surface area contributed by atoms with Crippen LogP contribution in [0.1, 0.15) is 30.9 Å². The Kier molecular flexibility index (Phi) is 8.02. The number of nitrogens with zero attached hydrogens (tertiary/aromatic N) is 3. The summed E-state index contributed by atoms with van der Waals surface area (Å²) >= 11 is 0. The summed E-state index contributed by atoms with van der Waals surface area (Å²) in [6.45, 7) is 3.68. The number of ketones is 1. The summed E-state index contributed by atoms with van der Waals surface area (Å²) in [6.07, 6.45) is 0.995. The Balaban J connectivity index is 1.65. The third-order valence-corrected chi connectivity index (χ3v) is 9.64. The molecule has 0 saturated carbocycles. The molecule has 2 fully saturated rings. The van der Waals surface area contributed by atoms with Gasteiger partial charge < -0.3 is 24.4 Å². The van der Waals surface area contributed by atoms with Crippen LogP contribution in [0.5, 0.6) is 0 Å². The molecule has 3 heterocycles. The predicted octanol–water partition coefficient (Wildman–Crippen LogP) is 2.08. The number of para-hydroxylation sites is 1. The quantitative estimate of drug-likeness (QED) is 0.205. The number of amides is 2. The average molecular weight is 584 g/mol. The van der Waals surface area contributed by atoms with Crippen LogP contribution < -0.4 is 4.90 Å². The fourth-order valence-electron chi connectivity index (χ4n) is 5.84. The van der Waals surface area contributed by atoms with Crippen molar-refractivity contribution in [2.45, 2.75) is 30.2 Å². The van der Waals surface area contributed by atoms with Crippen LogP contribution in [-0.2, 0) is 39.4 Å². The van der Waals surface area contributed by atoms with Crippen LogP contribution in [0.3, 0.4) is 0 Å². The molecule has 11 nitrogen and oxygen atoms in total. The van der Waals surface area contributed by atoms with Gasteiger partial charge in [-0.2, -0.15) is 4.31 Å². The number of carbonyl (C=O) groups is 3. The molecule has 0 aliphatic carbocycles. The number of morpholine rings is 1. The molecule has 12 heteroatoms. The van der Waals surface area contributed by atoms with Crippen LogP contribution in [0.4, 0.5) is 5.69 Å². The molecular formula is C29H33N3O8S. The summed E-state index contributed by atoms with van der Waals surface area (Å²) in [5.74, 6) is -2.92. The van der Waals surface area contributed by atoms with Crippen molar-refractivity contribution in [1.29, 1.82) is 0 Å². The van der Waals surface area contributed by atoms with Gasteiger partial charge in [-0.1, -0.05) is 25.1 Å². The number of rotatable bonds is 9. The van der Waals surface area contributed by atoms with Gasteiger partial charge >= 0.3 is 0 Å². The first kappa shape index (κ1) is 28.9. The number of benzene rings is 2. The molecule has 5 rings (SSSR count). The molecule has 1 atom stereocenters. The van der Waals surface area contributed by atoms with E-state index in [-0.39, 0.29) is 35.7 Å². The van der Waals surface area contributed by atoms with E-state index in [2.05, 4.69) is 0 Å². The van der Waals surface area contributed by atoms with Gasteiger partial charge in [0, 0.05) is 51.0 Å². The van der Waals surface area contributed by atoms with Crippen molar-refractivity contribution in [3.63, 3.8) is 0 Å². The fraction of sp³-hybridized carbons (Fsp3) is 0.414. The first-order chi connectivity index (χ1) is 19.7. The molecule has 2 aromatic rings. The summed E-state index contributed by atoms with van der Waals surface area (Å²) in [6, 6.07) is 12.4. The number of methoxy groups -OCH3 is 1. The zero-order valence-electron chi connectivity index (χ0n) is 23.0. The molecule has 1 spiro atoms. The standard InChI is InChI=1S/C29H33N3O8S/c1-3-13-31-23-8-5-4-7-22(23)29(28(31)36)24(26(34)27(35)32(29)14-6-17-39-2)25(33)20-9-11-21(12-10-20)41(37,38)30-15-18-40-19-16-30/h4-5,7-12,33H,3,6,13-19H2,1-2H3/b25-24+. The van der Waals surface area contributed by atoms with Crippen molar-refractivity contribution >= 4 is 39.1 Å². The van der Waals surface area contributed by atoms with Crippen molar-refractivity contribution in [2.24, 2.45) is 0 Å². The molecule has 3 aliphatic heterocycles. The minimum Gasteiger partial charge on any atom is -0.507 e. The van der Waals surface area contributed by atoms with E-state index >= 15 is 0 Å². The topological polar surface area (TPSA) is 134 Å². The second-order valence-corrected chi connectivity index (χ2v) is 12.0. The Hall–Kier alpha value is -3.58. The SMILES string of the molecule is CCCN1C(=O)C2(/C(=C(/O)c3ccc(S(=O)(=O)N4CCOCC4)cc3)C(=O)C(=O)N2CCCOC)c2ccccc21. The van der Waals surface area contributed by atoms with Gasteiger partial charge in [0.2, 0.25) is 10.0 Å². The monoisotopic (exact) mass is 583 g/mol. The number of hydrogen-bond acceptors (Lipinski definition) is 8. The fourth-order valence-corrected chi connectivity index (χ4v) is 7.25. The van der Waals surface area contributed by atoms with Crippen LogP contribution in [-0.4, -0.2) is 93.4 Å². The van der Waals surface area contributed by atoms with E-state index in [9.17, 15) is 27.9 Å². The molecule has 0 aromatic heterocycles. The van der Waals surface area contributed by atoms with Gasteiger partial charge in [-0.3, -0.25) is 14.4 Å². The Morgan fingerprint density at radius 1 is 1.02 bits per heavy atom. The van der Waals surface area contributed by atoms with Gasteiger partial charge in [0.05, 0.1) is 29.4 Å². The molecule has 2 saturated heterocycles. The van der Waals surface area contributed by atoms with Crippen LogP contribution in [0.2, 0.25) is 0 Å². The van der Waals surface area contributed by atoms with E-state index in [4.69, 9.17) is 9.47 Å². The summed E-state index contributed by atoms with van der Waals surface area (Å²) in [7, 11) is -2.28. The van der Waals surface area contributed by atoms with Gasteiger partial charge in [-0.25, -0.2) is 8.42 Å². The minimum atomic E-state index is -3.80. The maximum absolute atomic E-state index is 14.3. The number of aliphatic hydroxyl groups excluding tert-OH is 1. The highest BCUT2D eigenvalue weighted by Crippen LogP contribution is 2.53. The van der Waals surface area contributed by atoms with E-state index in [0.717, 1.165) is 0 Å². The van der Waals surface area contributed by atoms with Crippen LogP contribution in [0, 0.1) is 0 Å². The molecule has 41 heavy (non-hydrogen) atoms. The summed E-state index contributed by atoms with van der Waals surface area (Å²) in [5, 5.41) is 11.6. The first-order valence-electron chi connectivity index (χ1n) is 13.6. The van der Waals surface area contributed by atoms with E-state index in [1.807, 2.05) is 6.92 Å². The lowest BCUT2D eigenvalue weighted by Crippen LogP contribution is -2.52. The minimum absolute atomic E-state index is 0.0158. The molecule has 0 radical (unpaired) electrons. The highest BCUT2D eigenvalue weighted by Gasteiger charge is 2.66. The average Bonchev–Trinajstić information content (AvgIpc) is 3.36. The van der Waals surface area contributed by atoms with Crippen LogP contribution in [0.15, 0.2) is 59.0 Å². The van der Waals surface area contributed by atoms with Crippen molar-refractivity contribution in [2.75, 3.05) is 58.0 Å². The molecule has 3 aliphatic rings. The highest BCUT2D eigenvalue weighted by atomic mass is 32.2. The van der Waals surface area contributed by atoms with E-state index in [0.29, 0.717) is 50.5 Å². The number of carbonyl (C=O) groups excluding carboxylic acids is 3. The molecule has 1 unspecified atom stereocenters. The second kappa shape index (κ2) is 11.4. The van der Waals surface area contributed by atoms with Crippen molar-refractivity contribution in [3.8, 4) is 0 Å². The van der Waals surface area contributed by atoms with Gasteiger partial charge in [0.15, 0.2) is 5.54 Å². The third kappa shape index (κ3) is 4.55. The van der Waals surface area contributed by atoms with Gasteiger partial charge in [-0.05, 0) is 43.2 Å². The van der Waals surface area contributed by atoms with E-state index in [1.54, 1.807) is 29.2 Å². The van der Waals surface area contributed by atoms with E-state index < -0.39 is 38.9 Å². The molecule has 2 aromatic carbocycles. The Bertz CT molecular complexity index is 1500. The summed E-state index contributed by atoms with van der Waals surface area (Å²) < 4.78 is 37.9. The normalized spacial score (nSPS) is 22.6. The zero-order chi connectivity index (χ0) is 29.4. The van der Waals surface area contributed by atoms with Gasteiger partial charge in [-0.15, -0.1) is 0 Å². The number of aliphatic hydroxyl groups is 1. The van der Waals surface area contributed by atoms with E-state index in [1.165, 1.54) is 40.6 Å². The maximum Gasteiger partial charge on any atom is 0.296 e. The molecule has 0 bridgehead atoms. The summed E-state index contributed by atoms with van der Waals surface area (Å²) in [5.41, 5.74) is -1.09. The highest BCUT2D eigenvalue weighted by molar-refractivity contribution is 7.89. The number of fused-ring (bicyclic) bond motifs is 2. The molecular weight excluding hydrogens is 550 g/mol. The second-order valence-electron chi connectivity index (χ2n) is 10.1. The number of likely N-dealkylation sites (tertiary alicyclic amines) is 1. The van der Waals surface area contributed by atoms with Crippen LogP contribution >= 0.6 is 0 Å². The Morgan fingerprint density at radius 2 is 1.71 bits per heavy atom. The lowest BCUT2D eigenvalue weighted by Gasteiger charge is -2.34. The summed E-state index contributed by atoms with van der Waals surface area (Å²) in [4.78, 5) is 44.3. The van der Waals surface area contributed by atoms with Crippen LogP contribution in [0.25, 0.3) is 5.76 Å². The zero-order valence-corrected chi connectivity index (χ0v) is 23.9. The number of ether oxygens (including phenoxy) is 2. The van der Waals surface area contributed by atoms with Crippen molar-refractivity contribution < 1.29 is 37.4 Å². The van der Waals surface area contributed by atoms with Crippen molar-refractivity contribution in [1.82, 2.24) is 9.21 Å². The number of Topliss-reactive ketones (excluding diaryl/α,β-unsaturated/α-hetero) is 1. The smallest absolute Gasteiger partial charge is 0.296 e. The predicted molar refractivity (Wildman–Crippen MR) is 150 cm³/mol. The number of sulfonamides is 1. The third-order valence-electron chi connectivity index (χ3n) is 7.72. The molecule has 1 N–H and O–H groups in total. The largest absolute Gasteiger partial charge is 0.507 e. The Labute approximate surface area is 239 Å². The molecule has 218 valence electrons. The number of anilines is 1. The number of hydrogen-bond donors (Lipinski definition) is 1. The molecule has 2 amide bonds. The van der Waals surface area contributed by atoms with Crippen molar-refractivity contribution in [3.05, 3.63) is 65.2 Å². The van der Waals surface area contributed by atoms with Gasteiger partial charge in [0.1, 0.15) is 5.76 Å². The lowest BCUT2D eigenvalue weighted by atomic mass is 9.82. The van der Waals surface area contributed by atoms with Gasteiger partial charge in [0.25, 0.3) is 17.6 Å². The lowest BCUT2D eigenvalue weighted by molar-refractivity contribution is -0.143. The maximum atomic E-state index is 14.3. The first-order valence-corrected chi connectivity index (χ1v) is 15.0. The Morgan fingerprint density at radius 3 is 2.37 bits per heavy atom.